The van der Waals surface area contributed by atoms with Gasteiger partial charge in [0.05, 0.1) is 16.9 Å². The van der Waals surface area contributed by atoms with Gasteiger partial charge in [-0.25, -0.2) is 4.99 Å². The van der Waals surface area contributed by atoms with Crippen molar-refractivity contribution in [3.05, 3.63) is 285 Å². The largest absolute Gasteiger partial charge is 0.456 e. The third-order valence-corrected chi connectivity index (χ3v) is 14.6. The molecule has 0 N–H and O–H groups in total. The lowest BCUT2D eigenvalue weighted by Gasteiger charge is -2.50. The summed E-state index contributed by atoms with van der Waals surface area (Å²) >= 11 is 0. The highest BCUT2D eigenvalue weighted by Crippen LogP contribution is 2.66. The topological polar surface area (TPSA) is 37.9 Å². The van der Waals surface area contributed by atoms with E-state index >= 15 is 0 Å². The molecule has 0 bridgehead atoms. The molecule has 3 aliphatic carbocycles. The minimum absolute atomic E-state index is 0.00986. The van der Waals surface area contributed by atoms with E-state index in [0.717, 1.165) is 44.0 Å². The third kappa shape index (κ3) is 5.76. The molecule has 5 atom stereocenters. The summed E-state index contributed by atoms with van der Waals surface area (Å²) in [6.07, 6.45) is 6.55. The molecule has 0 aliphatic heterocycles. The van der Waals surface area contributed by atoms with Gasteiger partial charge in [0.1, 0.15) is 11.0 Å². The van der Waals surface area contributed by atoms with E-state index in [1.807, 2.05) is 24.3 Å². The predicted molar refractivity (Wildman–Crippen MR) is 272 cm³/mol. The molecule has 0 radical (unpaired) electrons. The molecule has 1 aromatic heterocycles. The second-order valence-corrected chi connectivity index (χ2v) is 18.0. The standard InChI is InChI=1S/C63H48N2O/c1-4-57(43-23-8-5-9-24-43)65-61(64-42(3)50-40-51-47-30-16-21-38-58(47)66-59(51)39-41(50)2)49-31-15-18-34-53(49)62(44-25-10-6-11-26-44)54-35-19-20-36-55(54)63(45-27-12-7-13-28-45)52-33-17-14-29-46(52)48-32-22-37-56(62)60(48)63/h4-41,50,57H,1H2,2-3H3. The van der Waals surface area contributed by atoms with E-state index in [0.29, 0.717) is 5.84 Å². The average molecular weight is 849 g/mol. The molecule has 9 aromatic rings. The van der Waals surface area contributed by atoms with Crippen molar-refractivity contribution >= 4 is 34.7 Å². The van der Waals surface area contributed by atoms with E-state index < -0.39 is 10.8 Å². The van der Waals surface area contributed by atoms with Crippen molar-refractivity contribution < 1.29 is 4.42 Å². The number of para-hydroxylation sites is 1. The van der Waals surface area contributed by atoms with Crippen molar-refractivity contribution in [2.75, 3.05) is 0 Å². The molecule has 1 heterocycles. The van der Waals surface area contributed by atoms with Crippen LogP contribution in [0.3, 0.4) is 0 Å². The number of aliphatic imine (C=N–C) groups is 2. The summed E-state index contributed by atoms with van der Waals surface area (Å²) in [5, 5.41) is 2.24. The van der Waals surface area contributed by atoms with E-state index in [9.17, 15) is 0 Å². The molecular weight excluding hydrogens is 801 g/mol. The molecule has 0 amide bonds. The van der Waals surface area contributed by atoms with E-state index in [1.54, 1.807) is 0 Å². The SMILES string of the molecule is C=CC(N=C(N=C(C)C1C=c2c(oc3ccccc23)=CC1C)c1ccccc1C1(c2ccccc2)c2ccccc2C2(c3ccccc3)c3ccccc3-c3cccc1c32)c1ccccc1. The first-order valence-electron chi connectivity index (χ1n) is 23.1. The average Bonchev–Trinajstić information content (AvgIpc) is 3.90. The molecule has 3 aliphatic rings. The molecule has 3 nitrogen and oxygen atoms in total. The number of rotatable bonds is 8. The van der Waals surface area contributed by atoms with Gasteiger partial charge in [-0.05, 0) is 86.2 Å². The Hall–Kier alpha value is -7.88. The van der Waals surface area contributed by atoms with Gasteiger partial charge in [0.2, 0.25) is 0 Å². The monoisotopic (exact) mass is 848 g/mol. The Kier molecular flexibility index (Phi) is 9.43. The molecule has 8 aromatic carbocycles. The highest BCUT2D eigenvalue weighted by Gasteiger charge is 2.58. The van der Waals surface area contributed by atoms with Crippen LogP contribution in [0, 0.1) is 11.8 Å². The van der Waals surface area contributed by atoms with Crippen LogP contribution in [-0.2, 0) is 10.8 Å². The molecule has 316 valence electrons. The minimum Gasteiger partial charge on any atom is -0.456 e. The number of hydrogen-bond donors (Lipinski definition) is 0. The first-order chi connectivity index (χ1) is 32.5. The number of hydrogen-bond acceptors (Lipinski definition) is 2. The Balaban J connectivity index is 1.17. The van der Waals surface area contributed by atoms with Crippen molar-refractivity contribution in [2.45, 2.75) is 30.7 Å². The maximum atomic E-state index is 6.36. The van der Waals surface area contributed by atoms with Crippen LogP contribution in [0.25, 0.3) is 34.2 Å². The van der Waals surface area contributed by atoms with Crippen molar-refractivity contribution in [1.29, 1.82) is 0 Å². The van der Waals surface area contributed by atoms with Crippen LogP contribution in [0.2, 0.25) is 0 Å². The Morgan fingerprint density at radius 2 is 1.12 bits per heavy atom. The molecule has 66 heavy (non-hydrogen) atoms. The first-order valence-corrected chi connectivity index (χ1v) is 23.1. The van der Waals surface area contributed by atoms with Crippen LogP contribution in [0.5, 0.6) is 0 Å². The number of benzene rings is 8. The highest BCUT2D eigenvalue weighted by molar-refractivity contribution is 6.10. The van der Waals surface area contributed by atoms with Gasteiger partial charge in [0, 0.05) is 27.8 Å². The van der Waals surface area contributed by atoms with E-state index in [1.165, 1.54) is 50.1 Å². The van der Waals surface area contributed by atoms with Gasteiger partial charge in [0.15, 0.2) is 5.84 Å². The molecule has 5 unspecified atom stereocenters. The van der Waals surface area contributed by atoms with Gasteiger partial charge < -0.3 is 4.42 Å². The zero-order valence-corrected chi connectivity index (χ0v) is 37.1. The van der Waals surface area contributed by atoms with Crippen LogP contribution in [-0.4, -0.2) is 11.5 Å². The highest BCUT2D eigenvalue weighted by atomic mass is 16.3. The summed E-state index contributed by atoms with van der Waals surface area (Å²) in [7, 11) is 0. The molecule has 0 spiro atoms. The molecule has 0 saturated carbocycles. The van der Waals surface area contributed by atoms with Crippen LogP contribution >= 0.6 is 0 Å². The van der Waals surface area contributed by atoms with Crippen molar-refractivity contribution in [1.82, 2.24) is 0 Å². The van der Waals surface area contributed by atoms with Gasteiger partial charge in [-0.2, -0.15) is 0 Å². The second kappa shape index (κ2) is 15.7. The van der Waals surface area contributed by atoms with Gasteiger partial charge in [-0.15, -0.1) is 6.58 Å². The Morgan fingerprint density at radius 1 is 0.561 bits per heavy atom. The normalized spacial score (nSPS) is 20.8. The first kappa shape index (κ1) is 39.7. The second-order valence-electron chi connectivity index (χ2n) is 18.0. The lowest BCUT2D eigenvalue weighted by molar-refractivity contribution is 0.557. The summed E-state index contributed by atoms with van der Waals surface area (Å²) < 4.78 is 6.36. The Bertz CT molecular complexity index is 3550. The number of furan rings is 1. The number of fused-ring (bicyclic) bond motifs is 8. The summed E-state index contributed by atoms with van der Waals surface area (Å²) in [5.74, 6) is 0.822. The lowest BCUT2D eigenvalue weighted by atomic mass is 9.51. The maximum Gasteiger partial charge on any atom is 0.155 e. The summed E-state index contributed by atoms with van der Waals surface area (Å²) in [6, 6.07) is 74.8. The van der Waals surface area contributed by atoms with Crippen LogP contribution < -0.4 is 10.6 Å². The van der Waals surface area contributed by atoms with Crippen molar-refractivity contribution in [3.8, 4) is 11.1 Å². The maximum absolute atomic E-state index is 6.36. The molecular formula is C63H48N2O. The molecule has 0 saturated heterocycles. The zero-order valence-electron chi connectivity index (χ0n) is 37.1. The van der Waals surface area contributed by atoms with Gasteiger partial charge in [-0.1, -0.05) is 219 Å². The fraction of sp³-hybridized carbons (Fsp3) is 0.111. The van der Waals surface area contributed by atoms with Crippen LogP contribution in [0.4, 0.5) is 0 Å². The predicted octanol–water partition coefficient (Wildman–Crippen LogP) is 13.2. The smallest absolute Gasteiger partial charge is 0.155 e. The lowest BCUT2D eigenvalue weighted by Crippen LogP contribution is -2.45. The van der Waals surface area contributed by atoms with Gasteiger partial charge in [0.25, 0.3) is 0 Å². The van der Waals surface area contributed by atoms with Crippen molar-refractivity contribution in [3.63, 3.8) is 0 Å². The van der Waals surface area contributed by atoms with E-state index in [-0.39, 0.29) is 17.9 Å². The quantitative estimate of drug-likeness (QED) is 0.0853. The van der Waals surface area contributed by atoms with Gasteiger partial charge >= 0.3 is 0 Å². The van der Waals surface area contributed by atoms with Crippen LogP contribution in [0.1, 0.15) is 75.5 Å². The third-order valence-electron chi connectivity index (χ3n) is 14.6. The summed E-state index contributed by atoms with van der Waals surface area (Å²) in [5.41, 5.74) is 16.0. The van der Waals surface area contributed by atoms with Crippen molar-refractivity contribution in [2.24, 2.45) is 21.8 Å². The number of nitrogens with zero attached hydrogens (tertiary/aromatic N) is 2. The summed E-state index contributed by atoms with van der Waals surface area (Å²) in [4.78, 5) is 11.4. The molecule has 0 fully saturated rings. The Labute approximate surface area is 386 Å². The molecule has 3 heteroatoms. The number of amidine groups is 1. The minimum atomic E-state index is -0.788. The van der Waals surface area contributed by atoms with E-state index in [2.05, 4.69) is 221 Å². The van der Waals surface area contributed by atoms with Gasteiger partial charge in [-0.3, -0.25) is 4.99 Å². The Morgan fingerprint density at radius 3 is 1.85 bits per heavy atom. The summed E-state index contributed by atoms with van der Waals surface area (Å²) in [6.45, 7) is 8.78. The fourth-order valence-electron chi connectivity index (χ4n) is 11.8. The zero-order chi connectivity index (χ0) is 44.4. The molecule has 12 rings (SSSR count). The van der Waals surface area contributed by atoms with E-state index in [4.69, 9.17) is 14.4 Å². The van der Waals surface area contributed by atoms with Crippen LogP contribution in [0.15, 0.2) is 233 Å². The fourth-order valence-corrected chi connectivity index (χ4v) is 11.8.